The summed E-state index contributed by atoms with van der Waals surface area (Å²) < 4.78 is 10.6. The van der Waals surface area contributed by atoms with Crippen LogP contribution in [0.4, 0.5) is 0 Å². The van der Waals surface area contributed by atoms with Crippen LogP contribution in [0.2, 0.25) is 0 Å². The Balaban J connectivity index is 3.22. The maximum Gasteiger partial charge on any atom is 0.186 e. The SMILES string of the molecule is CCCCCC(CC)(CC)c1cccc(C(OC)OC)c1O. The van der Waals surface area contributed by atoms with Gasteiger partial charge in [0, 0.05) is 25.3 Å². The minimum Gasteiger partial charge on any atom is -0.507 e. The normalized spacial score (nSPS) is 12.1. The molecular formula is C19H32O3. The minimum absolute atomic E-state index is 0.0291. The lowest BCUT2D eigenvalue weighted by atomic mass is 9.71. The van der Waals surface area contributed by atoms with Gasteiger partial charge in [0.25, 0.3) is 0 Å². The van der Waals surface area contributed by atoms with Crippen molar-refractivity contribution in [1.29, 1.82) is 0 Å². The molecule has 1 aromatic carbocycles. The van der Waals surface area contributed by atoms with Crippen LogP contribution < -0.4 is 0 Å². The summed E-state index contributed by atoms with van der Waals surface area (Å²) in [5.74, 6) is 0.330. The van der Waals surface area contributed by atoms with E-state index >= 15 is 0 Å². The van der Waals surface area contributed by atoms with E-state index in [4.69, 9.17) is 9.47 Å². The van der Waals surface area contributed by atoms with Crippen molar-refractivity contribution in [3.63, 3.8) is 0 Å². The highest BCUT2D eigenvalue weighted by molar-refractivity contribution is 5.45. The molecule has 0 atom stereocenters. The quantitative estimate of drug-likeness (QED) is 0.469. The number of hydrogen-bond donors (Lipinski definition) is 1. The molecule has 0 aliphatic heterocycles. The number of unbranched alkanes of at least 4 members (excludes halogenated alkanes) is 2. The Morgan fingerprint density at radius 2 is 1.68 bits per heavy atom. The third-order valence-electron chi connectivity index (χ3n) is 4.93. The molecule has 1 aromatic rings. The first kappa shape index (κ1) is 19.0. The second kappa shape index (κ2) is 9.16. The summed E-state index contributed by atoms with van der Waals surface area (Å²) in [6, 6.07) is 5.92. The van der Waals surface area contributed by atoms with Crippen LogP contribution >= 0.6 is 0 Å². The Kier molecular flexibility index (Phi) is 7.91. The molecule has 0 fully saturated rings. The van der Waals surface area contributed by atoms with Crippen LogP contribution in [-0.4, -0.2) is 19.3 Å². The molecule has 0 amide bonds. The molecule has 1 N–H and O–H groups in total. The van der Waals surface area contributed by atoms with E-state index in [1.165, 1.54) is 19.3 Å². The number of phenols is 1. The van der Waals surface area contributed by atoms with E-state index in [-0.39, 0.29) is 5.41 Å². The molecule has 0 aliphatic carbocycles. The van der Waals surface area contributed by atoms with E-state index in [1.54, 1.807) is 14.2 Å². The van der Waals surface area contributed by atoms with Crippen molar-refractivity contribution in [2.75, 3.05) is 14.2 Å². The molecule has 1 rings (SSSR count). The van der Waals surface area contributed by atoms with E-state index in [2.05, 4.69) is 26.8 Å². The highest BCUT2D eigenvalue weighted by atomic mass is 16.7. The van der Waals surface area contributed by atoms with E-state index in [9.17, 15) is 5.11 Å². The highest BCUT2D eigenvalue weighted by Gasteiger charge is 2.32. The molecule has 0 aliphatic rings. The van der Waals surface area contributed by atoms with Gasteiger partial charge in [-0.2, -0.15) is 0 Å². The molecule has 3 heteroatoms. The monoisotopic (exact) mass is 308 g/mol. The Morgan fingerprint density at radius 1 is 1.05 bits per heavy atom. The first-order valence-electron chi connectivity index (χ1n) is 8.48. The topological polar surface area (TPSA) is 38.7 Å². The van der Waals surface area contributed by atoms with Crippen molar-refractivity contribution in [1.82, 2.24) is 0 Å². The number of para-hydroxylation sites is 1. The zero-order valence-corrected chi connectivity index (χ0v) is 14.8. The summed E-state index contributed by atoms with van der Waals surface area (Å²) >= 11 is 0. The van der Waals surface area contributed by atoms with Gasteiger partial charge in [0.1, 0.15) is 5.75 Å². The fraction of sp³-hybridized carbons (Fsp3) is 0.684. The van der Waals surface area contributed by atoms with Gasteiger partial charge in [0.2, 0.25) is 0 Å². The summed E-state index contributed by atoms with van der Waals surface area (Å²) in [6.45, 7) is 6.65. The summed E-state index contributed by atoms with van der Waals surface area (Å²) in [5, 5.41) is 10.8. The zero-order valence-electron chi connectivity index (χ0n) is 14.8. The van der Waals surface area contributed by atoms with Gasteiger partial charge in [-0.25, -0.2) is 0 Å². The maximum absolute atomic E-state index is 10.8. The summed E-state index contributed by atoms with van der Waals surface area (Å²) in [6.07, 6.45) is 6.27. The van der Waals surface area contributed by atoms with Crippen molar-refractivity contribution in [3.8, 4) is 5.75 Å². The fourth-order valence-corrected chi connectivity index (χ4v) is 3.36. The van der Waals surface area contributed by atoms with Crippen molar-refractivity contribution in [3.05, 3.63) is 29.3 Å². The van der Waals surface area contributed by atoms with Gasteiger partial charge in [-0.15, -0.1) is 0 Å². The van der Waals surface area contributed by atoms with Crippen LogP contribution in [0, 0.1) is 0 Å². The van der Waals surface area contributed by atoms with Gasteiger partial charge in [0.15, 0.2) is 6.29 Å². The number of hydrogen-bond acceptors (Lipinski definition) is 3. The summed E-state index contributed by atoms with van der Waals surface area (Å²) in [7, 11) is 3.18. The largest absolute Gasteiger partial charge is 0.507 e. The summed E-state index contributed by atoms with van der Waals surface area (Å²) in [5.41, 5.74) is 1.77. The molecule has 0 saturated heterocycles. The van der Waals surface area contributed by atoms with Crippen LogP contribution in [0.5, 0.6) is 5.75 Å². The lowest BCUT2D eigenvalue weighted by molar-refractivity contribution is -0.107. The predicted octanol–water partition coefficient (Wildman–Crippen LogP) is 5.32. The van der Waals surface area contributed by atoms with E-state index in [0.717, 1.165) is 24.8 Å². The van der Waals surface area contributed by atoms with E-state index in [0.29, 0.717) is 11.3 Å². The van der Waals surface area contributed by atoms with E-state index < -0.39 is 6.29 Å². The molecular weight excluding hydrogens is 276 g/mol. The zero-order chi connectivity index (χ0) is 16.6. The van der Waals surface area contributed by atoms with Crippen LogP contribution in [0.1, 0.15) is 76.7 Å². The lowest BCUT2D eigenvalue weighted by Crippen LogP contribution is -2.25. The molecule has 0 unspecified atom stereocenters. The average molecular weight is 308 g/mol. The van der Waals surface area contributed by atoms with Gasteiger partial charge >= 0.3 is 0 Å². The first-order valence-corrected chi connectivity index (χ1v) is 8.48. The first-order chi connectivity index (χ1) is 10.6. The number of phenolic OH excluding ortho intramolecular Hbond substituents is 1. The highest BCUT2D eigenvalue weighted by Crippen LogP contribution is 2.44. The molecule has 0 aromatic heterocycles. The molecule has 126 valence electrons. The van der Waals surface area contributed by atoms with E-state index in [1.807, 2.05) is 12.1 Å². The second-order valence-corrected chi connectivity index (χ2v) is 5.99. The van der Waals surface area contributed by atoms with Crippen molar-refractivity contribution < 1.29 is 14.6 Å². The molecule has 3 nitrogen and oxygen atoms in total. The maximum atomic E-state index is 10.8. The number of ether oxygens (including phenoxy) is 2. The Morgan fingerprint density at radius 3 is 2.18 bits per heavy atom. The Labute approximate surface area is 135 Å². The molecule has 0 spiro atoms. The predicted molar refractivity (Wildman–Crippen MR) is 91.3 cm³/mol. The average Bonchev–Trinajstić information content (AvgIpc) is 2.55. The van der Waals surface area contributed by atoms with Gasteiger partial charge < -0.3 is 14.6 Å². The third kappa shape index (κ3) is 4.02. The lowest BCUT2D eigenvalue weighted by Gasteiger charge is -2.34. The third-order valence-corrected chi connectivity index (χ3v) is 4.93. The molecule has 0 saturated carbocycles. The second-order valence-electron chi connectivity index (χ2n) is 5.99. The molecule has 0 bridgehead atoms. The van der Waals surface area contributed by atoms with Crippen molar-refractivity contribution in [2.24, 2.45) is 0 Å². The smallest absolute Gasteiger partial charge is 0.186 e. The van der Waals surface area contributed by atoms with Gasteiger partial charge in [-0.1, -0.05) is 58.2 Å². The Bertz CT molecular complexity index is 434. The van der Waals surface area contributed by atoms with Crippen LogP contribution in [0.3, 0.4) is 0 Å². The fourth-order valence-electron chi connectivity index (χ4n) is 3.36. The molecule has 22 heavy (non-hydrogen) atoms. The van der Waals surface area contributed by atoms with Crippen LogP contribution in [-0.2, 0) is 14.9 Å². The molecule has 0 radical (unpaired) electrons. The number of rotatable bonds is 10. The standard InChI is InChI=1S/C19H32O3/c1-6-9-10-14-19(7-2,8-3)16-13-11-12-15(17(16)20)18(21-4)22-5/h11-13,18,20H,6-10,14H2,1-5H3. The minimum atomic E-state index is -0.526. The van der Waals surface area contributed by atoms with Crippen LogP contribution in [0.15, 0.2) is 18.2 Å². The van der Waals surface area contributed by atoms with Crippen molar-refractivity contribution >= 4 is 0 Å². The van der Waals surface area contributed by atoms with Gasteiger partial charge in [0.05, 0.1) is 0 Å². The number of aromatic hydroxyl groups is 1. The Hall–Kier alpha value is -1.06. The number of benzene rings is 1. The van der Waals surface area contributed by atoms with Gasteiger partial charge in [-0.3, -0.25) is 0 Å². The van der Waals surface area contributed by atoms with Crippen molar-refractivity contribution in [2.45, 2.75) is 71.0 Å². The van der Waals surface area contributed by atoms with Gasteiger partial charge in [-0.05, 0) is 24.7 Å². The van der Waals surface area contributed by atoms with Crippen LogP contribution in [0.25, 0.3) is 0 Å². The summed E-state index contributed by atoms with van der Waals surface area (Å²) in [4.78, 5) is 0. The number of methoxy groups -OCH3 is 2. The molecule has 0 heterocycles.